The maximum atomic E-state index is 5.90. The number of aryl methyl sites for hydroxylation is 1. The molecule has 0 saturated carbocycles. The Morgan fingerprint density at radius 2 is 2.13 bits per heavy atom. The highest BCUT2D eigenvalue weighted by molar-refractivity contribution is 5.60. The van der Waals surface area contributed by atoms with E-state index in [1.54, 1.807) is 17.9 Å². The number of benzene rings is 1. The van der Waals surface area contributed by atoms with Crippen LogP contribution < -0.4 is 10.5 Å². The van der Waals surface area contributed by atoms with Gasteiger partial charge in [-0.05, 0) is 25.1 Å². The van der Waals surface area contributed by atoms with Crippen LogP contribution in [0.5, 0.6) is 5.75 Å². The Morgan fingerprint density at radius 1 is 1.33 bits per heavy atom. The number of ether oxygens (including phenoxy) is 1. The summed E-state index contributed by atoms with van der Waals surface area (Å²) >= 11 is 0. The van der Waals surface area contributed by atoms with Crippen LogP contribution >= 0.6 is 0 Å². The third-order valence-corrected chi connectivity index (χ3v) is 2.20. The number of nitrogens with two attached hydrogens (primary N) is 1. The van der Waals surface area contributed by atoms with E-state index in [9.17, 15) is 0 Å². The number of aromatic nitrogens is 2. The van der Waals surface area contributed by atoms with Crippen molar-refractivity contribution in [1.29, 1.82) is 0 Å². The van der Waals surface area contributed by atoms with Gasteiger partial charge < -0.3 is 10.5 Å². The molecule has 0 bridgehead atoms. The smallest absolute Gasteiger partial charge is 0.121 e. The molecular weight excluding hydrogens is 190 g/mol. The zero-order valence-electron chi connectivity index (χ0n) is 8.77. The summed E-state index contributed by atoms with van der Waals surface area (Å²) in [7, 11) is 1.62. The van der Waals surface area contributed by atoms with E-state index in [1.807, 2.05) is 31.3 Å². The molecule has 0 fully saturated rings. The number of nitrogens with zero attached hydrogens (tertiary/aromatic N) is 2. The Balaban J connectivity index is 2.45. The molecule has 1 aromatic carbocycles. The van der Waals surface area contributed by atoms with E-state index in [1.165, 1.54) is 0 Å². The summed E-state index contributed by atoms with van der Waals surface area (Å²) in [5, 5.41) is 4.29. The molecule has 2 rings (SSSR count). The minimum Gasteiger partial charge on any atom is -0.497 e. The van der Waals surface area contributed by atoms with Gasteiger partial charge in [0.1, 0.15) is 5.75 Å². The van der Waals surface area contributed by atoms with Gasteiger partial charge in [-0.25, -0.2) is 4.68 Å². The molecule has 0 amide bonds. The van der Waals surface area contributed by atoms with Gasteiger partial charge in [0.15, 0.2) is 0 Å². The topological polar surface area (TPSA) is 53.1 Å². The lowest BCUT2D eigenvalue weighted by atomic mass is 10.2. The molecule has 1 heterocycles. The van der Waals surface area contributed by atoms with Crippen molar-refractivity contribution in [2.45, 2.75) is 6.92 Å². The monoisotopic (exact) mass is 203 g/mol. The lowest BCUT2D eigenvalue weighted by molar-refractivity contribution is 0.415. The molecule has 0 unspecified atom stereocenters. The molecule has 2 aromatic rings. The third-order valence-electron chi connectivity index (χ3n) is 2.20. The number of anilines is 1. The molecule has 0 spiro atoms. The van der Waals surface area contributed by atoms with Gasteiger partial charge in [-0.1, -0.05) is 0 Å². The van der Waals surface area contributed by atoms with Crippen LogP contribution in [0.15, 0.2) is 30.5 Å². The minimum absolute atomic E-state index is 0.650. The van der Waals surface area contributed by atoms with Gasteiger partial charge in [-0.2, -0.15) is 5.10 Å². The number of nitrogen functional groups attached to an aromatic ring is 1. The Bertz CT molecular complexity index is 476. The van der Waals surface area contributed by atoms with Crippen LogP contribution in [0, 0.1) is 6.92 Å². The Kier molecular flexibility index (Phi) is 2.33. The van der Waals surface area contributed by atoms with Gasteiger partial charge in [0.2, 0.25) is 0 Å². The molecule has 78 valence electrons. The van der Waals surface area contributed by atoms with E-state index in [2.05, 4.69) is 5.10 Å². The van der Waals surface area contributed by atoms with Gasteiger partial charge >= 0.3 is 0 Å². The first-order valence-electron chi connectivity index (χ1n) is 4.67. The van der Waals surface area contributed by atoms with E-state index >= 15 is 0 Å². The summed E-state index contributed by atoms with van der Waals surface area (Å²) in [5.41, 5.74) is 8.38. The van der Waals surface area contributed by atoms with Crippen molar-refractivity contribution in [2.75, 3.05) is 12.8 Å². The summed E-state index contributed by atoms with van der Waals surface area (Å²) in [6.45, 7) is 1.94. The highest BCUT2D eigenvalue weighted by Crippen LogP contribution is 2.22. The molecule has 4 nitrogen and oxygen atoms in total. The summed E-state index contributed by atoms with van der Waals surface area (Å²) in [4.78, 5) is 0. The fraction of sp³-hybridized carbons (Fsp3) is 0.182. The number of methoxy groups -OCH3 is 1. The first-order valence-corrected chi connectivity index (χ1v) is 4.67. The van der Waals surface area contributed by atoms with Crippen LogP contribution in [0.25, 0.3) is 5.69 Å². The lowest BCUT2D eigenvalue weighted by Crippen LogP contribution is -2.00. The van der Waals surface area contributed by atoms with E-state index in [4.69, 9.17) is 10.5 Å². The predicted octanol–water partition coefficient (Wildman–Crippen LogP) is 1.77. The van der Waals surface area contributed by atoms with Crippen LogP contribution in [-0.2, 0) is 0 Å². The standard InChI is InChI=1S/C11H13N3O/c1-8-5-6-14(13-8)11-4-3-9(15-2)7-10(11)12/h3-7H,12H2,1-2H3. The van der Waals surface area contributed by atoms with Crippen LogP contribution in [0.3, 0.4) is 0 Å². The highest BCUT2D eigenvalue weighted by Gasteiger charge is 2.04. The van der Waals surface area contributed by atoms with Gasteiger partial charge in [0.05, 0.1) is 24.2 Å². The van der Waals surface area contributed by atoms with Gasteiger partial charge in [0.25, 0.3) is 0 Å². The van der Waals surface area contributed by atoms with Crippen molar-refractivity contribution in [3.05, 3.63) is 36.2 Å². The van der Waals surface area contributed by atoms with E-state index in [0.717, 1.165) is 17.1 Å². The number of hydrogen-bond donors (Lipinski definition) is 1. The quantitative estimate of drug-likeness (QED) is 0.757. The average Bonchev–Trinajstić information content (AvgIpc) is 2.64. The molecule has 0 aliphatic carbocycles. The summed E-state index contributed by atoms with van der Waals surface area (Å²) < 4.78 is 6.84. The summed E-state index contributed by atoms with van der Waals surface area (Å²) in [6, 6.07) is 7.47. The lowest BCUT2D eigenvalue weighted by Gasteiger charge is -2.07. The molecule has 0 saturated heterocycles. The molecule has 15 heavy (non-hydrogen) atoms. The van der Waals surface area contributed by atoms with Gasteiger partial charge in [-0.3, -0.25) is 0 Å². The zero-order valence-corrected chi connectivity index (χ0v) is 8.77. The first kappa shape index (κ1) is 9.58. The molecule has 0 radical (unpaired) electrons. The summed E-state index contributed by atoms with van der Waals surface area (Å²) in [6.07, 6.45) is 1.88. The largest absolute Gasteiger partial charge is 0.497 e. The summed E-state index contributed by atoms with van der Waals surface area (Å²) in [5.74, 6) is 0.750. The van der Waals surface area contributed by atoms with Crippen molar-refractivity contribution < 1.29 is 4.74 Å². The second kappa shape index (κ2) is 3.65. The second-order valence-electron chi connectivity index (χ2n) is 3.33. The van der Waals surface area contributed by atoms with Gasteiger partial charge in [0, 0.05) is 12.3 Å². The zero-order chi connectivity index (χ0) is 10.8. The highest BCUT2D eigenvalue weighted by atomic mass is 16.5. The van der Waals surface area contributed by atoms with Crippen molar-refractivity contribution >= 4 is 5.69 Å². The molecule has 4 heteroatoms. The average molecular weight is 203 g/mol. The van der Waals surface area contributed by atoms with E-state index in [-0.39, 0.29) is 0 Å². The number of hydrogen-bond acceptors (Lipinski definition) is 3. The van der Waals surface area contributed by atoms with Crippen molar-refractivity contribution in [1.82, 2.24) is 9.78 Å². The fourth-order valence-electron chi connectivity index (χ4n) is 1.42. The van der Waals surface area contributed by atoms with Crippen LogP contribution in [0.1, 0.15) is 5.69 Å². The van der Waals surface area contributed by atoms with Crippen LogP contribution in [0.4, 0.5) is 5.69 Å². The molecule has 1 aromatic heterocycles. The van der Waals surface area contributed by atoms with Gasteiger partial charge in [-0.15, -0.1) is 0 Å². The predicted molar refractivity (Wildman–Crippen MR) is 59.3 cm³/mol. The maximum Gasteiger partial charge on any atom is 0.121 e. The fourth-order valence-corrected chi connectivity index (χ4v) is 1.42. The Morgan fingerprint density at radius 3 is 2.67 bits per heavy atom. The van der Waals surface area contributed by atoms with E-state index in [0.29, 0.717) is 5.69 Å². The molecule has 0 aliphatic heterocycles. The normalized spacial score (nSPS) is 10.3. The second-order valence-corrected chi connectivity index (χ2v) is 3.33. The maximum absolute atomic E-state index is 5.90. The van der Waals surface area contributed by atoms with Crippen molar-refractivity contribution in [3.63, 3.8) is 0 Å². The van der Waals surface area contributed by atoms with E-state index < -0.39 is 0 Å². The number of rotatable bonds is 2. The van der Waals surface area contributed by atoms with Crippen molar-refractivity contribution in [2.24, 2.45) is 0 Å². The van der Waals surface area contributed by atoms with Crippen molar-refractivity contribution in [3.8, 4) is 11.4 Å². The molecule has 0 atom stereocenters. The molecular formula is C11H13N3O. The SMILES string of the molecule is COc1ccc(-n2ccc(C)n2)c(N)c1. The first-order chi connectivity index (χ1) is 7.20. The third kappa shape index (κ3) is 1.79. The van der Waals surface area contributed by atoms with Crippen LogP contribution in [0.2, 0.25) is 0 Å². The minimum atomic E-state index is 0.650. The molecule has 0 aliphatic rings. The Labute approximate surface area is 88.3 Å². The van der Waals surface area contributed by atoms with Crippen LogP contribution in [-0.4, -0.2) is 16.9 Å². The molecule has 2 N–H and O–H groups in total. The Hall–Kier alpha value is -1.97.